The van der Waals surface area contributed by atoms with Crippen molar-refractivity contribution in [2.75, 3.05) is 26.4 Å². The molecule has 0 spiro atoms. The average Bonchev–Trinajstić information content (AvgIpc) is 0.789. The van der Waals surface area contributed by atoms with Crippen molar-refractivity contribution in [1.29, 1.82) is 0 Å². The maximum atomic E-state index is 13.5. The van der Waals surface area contributed by atoms with E-state index in [-0.39, 0.29) is 18.9 Å². The summed E-state index contributed by atoms with van der Waals surface area (Å²) in [5.74, 6) is -0.232. The normalized spacial score (nSPS) is 26.2. The molecule has 17 atom stereocenters. The van der Waals surface area contributed by atoms with Crippen molar-refractivity contribution in [3.63, 3.8) is 0 Å². The molecule has 0 aliphatic carbocycles. The van der Waals surface area contributed by atoms with Gasteiger partial charge in [-0.05, 0) is 12.8 Å². The van der Waals surface area contributed by atoms with Crippen LogP contribution < -0.4 is 5.32 Å². The molecule has 3 aliphatic heterocycles. The fraction of sp³-hybridized carbons (Fsp3) is 0.988. The van der Waals surface area contributed by atoms with Gasteiger partial charge in [0.05, 0.1) is 38.6 Å². The summed E-state index contributed by atoms with van der Waals surface area (Å²) in [7, 11) is 0. The van der Waals surface area contributed by atoms with Gasteiger partial charge < -0.3 is 89.9 Å². The minimum Gasteiger partial charge on any atom is -0.394 e. The van der Waals surface area contributed by atoms with E-state index in [0.717, 1.165) is 44.9 Å². The van der Waals surface area contributed by atoms with Crippen molar-refractivity contribution in [3.8, 4) is 0 Å². The highest BCUT2D eigenvalue weighted by Crippen LogP contribution is 2.34. The standard InChI is InChI=1S/C82H159NO18/c1-3-5-7-9-11-13-15-17-19-21-23-24-25-26-27-28-29-30-31-32-33-34-35-36-37-38-39-40-42-44-46-48-50-52-54-56-58-60-70(88)83-65(66(87)59-57-55-53-51-49-47-45-43-41-22-20-18-16-14-12-10-8-6-4-2)64-96-80-76(94)73(91)78(68(62-85)98-80)101-82-77(95)74(92)79(69(63-86)99-82)100-81-75(93)72(90)71(89)67(61-84)97-81/h65-69,71-82,84-87,89-95H,3-64H2,1-2H3,(H,83,88). The number of aliphatic hydroxyl groups is 11. The van der Waals surface area contributed by atoms with E-state index in [4.69, 9.17) is 28.4 Å². The van der Waals surface area contributed by atoms with Gasteiger partial charge in [0.2, 0.25) is 5.91 Å². The first-order valence-corrected chi connectivity index (χ1v) is 42.8. The van der Waals surface area contributed by atoms with E-state index in [1.807, 2.05) is 0 Å². The van der Waals surface area contributed by atoms with Gasteiger partial charge in [0.25, 0.3) is 0 Å². The largest absolute Gasteiger partial charge is 0.394 e. The minimum absolute atomic E-state index is 0.232. The highest BCUT2D eigenvalue weighted by molar-refractivity contribution is 5.76. The third-order valence-corrected chi connectivity index (χ3v) is 21.9. The minimum atomic E-state index is -1.97. The van der Waals surface area contributed by atoms with Gasteiger partial charge in [-0.2, -0.15) is 0 Å². The number of rotatable bonds is 70. The summed E-state index contributed by atoms with van der Waals surface area (Å²) in [5.41, 5.74) is 0. The molecule has 600 valence electrons. The van der Waals surface area contributed by atoms with Crippen LogP contribution in [-0.4, -0.2) is 193 Å². The number of unbranched alkanes of at least 4 members (excludes halogenated alkanes) is 54. The molecule has 17 unspecified atom stereocenters. The van der Waals surface area contributed by atoms with Crippen molar-refractivity contribution in [2.45, 2.75) is 491 Å². The monoisotopic (exact) mass is 1450 g/mol. The molecular formula is C82H159NO18. The number of hydrogen-bond donors (Lipinski definition) is 12. The lowest BCUT2D eigenvalue weighted by Gasteiger charge is -2.48. The molecule has 19 heteroatoms. The molecule has 0 saturated carbocycles. The molecule has 0 radical (unpaired) electrons. The number of nitrogens with one attached hydrogen (secondary N) is 1. The summed E-state index contributed by atoms with van der Waals surface area (Å²) >= 11 is 0. The Morgan fingerprint density at radius 1 is 0.317 bits per heavy atom. The topological polar surface area (TPSA) is 307 Å². The van der Waals surface area contributed by atoms with Crippen molar-refractivity contribution in [2.24, 2.45) is 0 Å². The zero-order valence-corrected chi connectivity index (χ0v) is 64.4. The first-order chi connectivity index (χ1) is 49.3. The SMILES string of the molecule is CCCCCCCCCCCCCCCCCCCCCCCCCCCCCCCCCCCCCCCC(=O)NC(COC1OC(CO)C(OC2OC(CO)C(OC3OC(CO)C(O)C(O)C3O)C(O)C2O)C(O)C1O)C(O)CCCCCCCCCCCCCCCCCCCCC. The Morgan fingerprint density at radius 3 is 0.861 bits per heavy atom. The van der Waals surface area contributed by atoms with Gasteiger partial charge in [0.15, 0.2) is 18.9 Å². The second-order valence-electron chi connectivity index (χ2n) is 31.0. The van der Waals surface area contributed by atoms with Gasteiger partial charge in [0.1, 0.15) is 73.2 Å². The fourth-order valence-corrected chi connectivity index (χ4v) is 15.1. The lowest BCUT2D eigenvalue weighted by Crippen LogP contribution is -2.66. The van der Waals surface area contributed by atoms with Crippen LogP contribution >= 0.6 is 0 Å². The highest BCUT2D eigenvalue weighted by Gasteiger charge is 2.54. The van der Waals surface area contributed by atoms with E-state index in [9.17, 15) is 61.0 Å². The molecule has 0 bridgehead atoms. The quantitative estimate of drug-likeness (QED) is 0.0252. The molecule has 3 heterocycles. The molecule has 3 rings (SSSR count). The third-order valence-electron chi connectivity index (χ3n) is 21.9. The highest BCUT2D eigenvalue weighted by atomic mass is 16.8. The summed E-state index contributed by atoms with van der Waals surface area (Å²) in [6.45, 7) is 1.87. The summed E-state index contributed by atoms with van der Waals surface area (Å²) < 4.78 is 34.5. The Labute approximate surface area is 614 Å². The Kier molecular flexibility index (Phi) is 59.3. The molecule has 0 aromatic carbocycles. The van der Waals surface area contributed by atoms with Crippen molar-refractivity contribution in [1.82, 2.24) is 5.32 Å². The molecule has 1 amide bonds. The van der Waals surface area contributed by atoms with Crippen LogP contribution in [0.2, 0.25) is 0 Å². The molecule has 3 aliphatic rings. The Morgan fingerprint density at radius 2 is 0.564 bits per heavy atom. The molecular weight excluding hydrogens is 1290 g/mol. The average molecular weight is 1450 g/mol. The van der Waals surface area contributed by atoms with Crippen molar-refractivity contribution < 1.29 is 89.4 Å². The number of ether oxygens (including phenoxy) is 6. The van der Waals surface area contributed by atoms with E-state index in [1.165, 1.54) is 308 Å². The lowest BCUT2D eigenvalue weighted by atomic mass is 9.96. The molecule has 3 saturated heterocycles. The van der Waals surface area contributed by atoms with E-state index >= 15 is 0 Å². The smallest absolute Gasteiger partial charge is 0.220 e. The second-order valence-corrected chi connectivity index (χ2v) is 31.0. The zero-order valence-electron chi connectivity index (χ0n) is 64.4. The molecule has 3 fully saturated rings. The number of carbonyl (C=O) groups excluding carboxylic acids is 1. The van der Waals surface area contributed by atoms with Crippen LogP contribution in [0.15, 0.2) is 0 Å². The number of hydrogen-bond acceptors (Lipinski definition) is 18. The van der Waals surface area contributed by atoms with E-state index < -0.39 is 124 Å². The molecule has 12 N–H and O–H groups in total. The van der Waals surface area contributed by atoms with Crippen LogP contribution in [0.1, 0.15) is 386 Å². The molecule has 0 aromatic rings. The fourth-order valence-electron chi connectivity index (χ4n) is 15.1. The summed E-state index contributed by atoms with van der Waals surface area (Å²) in [4.78, 5) is 13.5. The maximum Gasteiger partial charge on any atom is 0.220 e. The van der Waals surface area contributed by atoms with Crippen LogP contribution in [0.25, 0.3) is 0 Å². The predicted octanol–water partition coefficient (Wildman–Crippen LogP) is 15.0. The van der Waals surface area contributed by atoms with Crippen LogP contribution in [0.3, 0.4) is 0 Å². The van der Waals surface area contributed by atoms with Gasteiger partial charge in [-0.25, -0.2) is 0 Å². The van der Waals surface area contributed by atoms with E-state index in [2.05, 4.69) is 19.2 Å². The first kappa shape index (κ1) is 94.0. The van der Waals surface area contributed by atoms with E-state index in [0.29, 0.717) is 12.8 Å². The van der Waals surface area contributed by atoms with Gasteiger partial charge in [0, 0.05) is 6.42 Å². The lowest BCUT2D eigenvalue weighted by molar-refractivity contribution is -0.379. The van der Waals surface area contributed by atoms with Crippen LogP contribution in [0.4, 0.5) is 0 Å². The Bertz CT molecular complexity index is 1820. The third kappa shape index (κ3) is 43.5. The van der Waals surface area contributed by atoms with Crippen molar-refractivity contribution in [3.05, 3.63) is 0 Å². The summed E-state index contributed by atoms with van der Waals surface area (Å²) in [6, 6.07) is -0.883. The van der Waals surface area contributed by atoms with Crippen LogP contribution in [0.5, 0.6) is 0 Å². The number of aliphatic hydroxyl groups excluding tert-OH is 11. The Balaban J connectivity index is 1.30. The maximum absolute atomic E-state index is 13.5. The number of amides is 1. The Hall–Kier alpha value is -1.21. The second kappa shape index (κ2) is 63.7. The number of carbonyl (C=O) groups is 1. The molecule has 19 nitrogen and oxygen atoms in total. The zero-order chi connectivity index (χ0) is 73.2. The summed E-state index contributed by atoms with van der Waals surface area (Å²) in [6.07, 6.45) is 47.9. The van der Waals surface area contributed by atoms with Crippen LogP contribution in [-0.2, 0) is 33.2 Å². The summed E-state index contributed by atoms with van der Waals surface area (Å²) in [5, 5.41) is 121. The van der Waals surface area contributed by atoms with Gasteiger partial charge in [-0.15, -0.1) is 0 Å². The van der Waals surface area contributed by atoms with Crippen molar-refractivity contribution >= 4 is 5.91 Å². The predicted molar refractivity (Wildman–Crippen MR) is 402 cm³/mol. The van der Waals surface area contributed by atoms with Gasteiger partial charge in [-0.3, -0.25) is 4.79 Å². The molecule has 101 heavy (non-hydrogen) atoms. The van der Waals surface area contributed by atoms with Gasteiger partial charge >= 0.3 is 0 Å². The van der Waals surface area contributed by atoms with Gasteiger partial charge in [-0.1, -0.05) is 367 Å². The molecule has 0 aromatic heterocycles. The first-order valence-electron chi connectivity index (χ1n) is 42.8. The van der Waals surface area contributed by atoms with E-state index in [1.54, 1.807) is 0 Å². The van der Waals surface area contributed by atoms with Crippen LogP contribution in [0, 0.1) is 0 Å².